The highest BCUT2D eigenvalue weighted by molar-refractivity contribution is 6.03. The van der Waals surface area contributed by atoms with E-state index in [-0.39, 0.29) is 18.2 Å². The van der Waals surface area contributed by atoms with Crippen LogP contribution in [0.5, 0.6) is 5.75 Å². The molecule has 1 heterocycles. The number of hydrogen-bond donors (Lipinski definition) is 1. The van der Waals surface area contributed by atoms with E-state index >= 15 is 0 Å². The van der Waals surface area contributed by atoms with Gasteiger partial charge in [0, 0.05) is 19.5 Å². The summed E-state index contributed by atoms with van der Waals surface area (Å²) < 4.78 is 7.45. The van der Waals surface area contributed by atoms with Gasteiger partial charge in [0.25, 0.3) is 5.91 Å². The van der Waals surface area contributed by atoms with Crippen LogP contribution in [-0.2, 0) is 4.79 Å². The van der Waals surface area contributed by atoms with Gasteiger partial charge in [0.15, 0.2) is 0 Å². The molecule has 0 fully saturated rings. The van der Waals surface area contributed by atoms with Crippen LogP contribution in [0.3, 0.4) is 0 Å². The third-order valence-electron chi connectivity index (χ3n) is 5.85. The molecule has 2 amide bonds. The van der Waals surface area contributed by atoms with Crippen molar-refractivity contribution in [2.75, 3.05) is 25.0 Å². The molecule has 0 unspecified atom stereocenters. The van der Waals surface area contributed by atoms with Crippen LogP contribution in [-0.4, -0.2) is 46.2 Å². The second kappa shape index (κ2) is 11.3. The van der Waals surface area contributed by atoms with Crippen LogP contribution in [0.25, 0.3) is 16.5 Å². The number of rotatable bonds is 10. The molecule has 0 atom stereocenters. The van der Waals surface area contributed by atoms with Gasteiger partial charge in [0.2, 0.25) is 5.91 Å². The predicted octanol–water partition coefficient (Wildman–Crippen LogP) is 5.31. The summed E-state index contributed by atoms with van der Waals surface area (Å²) in [7, 11) is 0. The minimum absolute atomic E-state index is 0.160. The fourth-order valence-electron chi connectivity index (χ4n) is 3.95. The van der Waals surface area contributed by atoms with E-state index in [1.165, 1.54) is 6.20 Å². The van der Waals surface area contributed by atoms with Gasteiger partial charge in [-0.25, -0.2) is 4.68 Å². The number of nitrogens with zero attached hydrogens (tertiary/aromatic N) is 3. The lowest BCUT2D eigenvalue weighted by Gasteiger charge is -2.19. The van der Waals surface area contributed by atoms with Crippen LogP contribution in [0.15, 0.2) is 79.0 Å². The molecule has 0 saturated heterocycles. The van der Waals surface area contributed by atoms with Crippen LogP contribution in [0.4, 0.5) is 5.82 Å². The number of fused-ring (bicyclic) bond motifs is 1. The van der Waals surface area contributed by atoms with E-state index in [0.29, 0.717) is 37.5 Å². The van der Waals surface area contributed by atoms with Crippen LogP contribution >= 0.6 is 0 Å². The molecule has 3 aromatic carbocycles. The zero-order valence-corrected chi connectivity index (χ0v) is 20.1. The molecule has 0 radical (unpaired) electrons. The van der Waals surface area contributed by atoms with Crippen LogP contribution in [0, 0.1) is 0 Å². The number of ether oxygens (including phenoxy) is 1. The normalized spacial score (nSPS) is 10.8. The van der Waals surface area contributed by atoms with E-state index in [0.717, 1.165) is 22.2 Å². The fourth-order valence-corrected chi connectivity index (χ4v) is 3.95. The SMILES string of the molecule is CCN(CC)C(=O)c1cnn(-c2ccccc2)c1NC(=O)CCCOc1ccc2ccccc2c1. The smallest absolute Gasteiger partial charge is 0.259 e. The number of carbonyl (C=O) groups is 2. The third kappa shape index (κ3) is 5.69. The van der Waals surface area contributed by atoms with E-state index in [4.69, 9.17) is 4.74 Å². The molecule has 7 heteroatoms. The number of nitrogens with one attached hydrogen (secondary N) is 1. The summed E-state index contributed by atoms with van der Waals surface area (Å²) in [6.45, 7) is 5.42. The molecule has 0 aliphatic rings. The van der Waals surface area contributed by atoms with Gasteiger partial charge < -0.3 is 15.0 Å². The number of para-hydroxylation sites is 1. The molecular formula is C28H30N4O3. The first kappa shape index (κ1) is 24.0. The van der Waals surface area contributed by atoms with Gasteiger partial charge in [0.05, 0.1) is 18.5 Å². The lowest BCUT2D eigenvalue weighted by atomic mass is 10.1. The molecule has 35 heavy (non-hydrogen) atoms. The van der Waals surface area contributed by atoms with E-state index in [1.807, 2.05) is 80.6 Å². The minimum atomic E-state index is -0.196. The van der Waals surface area contributed by atoms with Gasteiger partial charge in [-0.05, 0) is 55.3 Å². The standard InChI is InChI=1S/C28H30N4O3/c1-3-31(4-2)28(34)25-20-29-32(23-13-6-5-7-14-23)27(25)30-26(33)15-10-18-35-24-17-16-21-11-8-9-12-22(21)19-24/h5-9,11-14,16-17,19-20H,3-4,10,15,18H2,1-2H3,(H,30,33). The molecule has 0 saturated carbocycles. The molecule has 4 rings (SSSR count). The second-order valence-corrected chi connectivity index (χ2v) is 8.14. The predicted molar refractivity (Wildman–Crippen MR) is 138 cm³/mol. The Morgan fingerprint density at radius 2 is 1.66 bits per heavy atom. The van der Waals surface area contributed by atoms with Gasteiger partial charge >= 0.3 is 0 Å². The van der Waals surface area contributed by atoms with Gasteiger partial charge in [0.1, 0.15) is 17.1 Å². The molecule has 0 aliphatic carbocycles. The van der Waals surface area contributed by atoms with Gasteiger partial charge in [-0.15, -0.1) is 0 Å². The largest absolute Gasteiger partial charge is 0.494 e. The van der Waals surface area contributed by atoms with Crippen LogP contribution in [0.1, 0.15) is 37.0 Å². The van der Waals surface area contributed by atoms with E-state index in [9.17, 15) is 9.59 Å². The first-order valence-corrected chi connectivity index (χ1v) is 11.9. The number of hydrogen-bond acceptors (Lipinski definition) is 4. The number of carbonyl (C=O) groups excluding carboxylic acids is 2. The molecule has 0 bridgehead atoms. The van der Waals surface area contributed by atoms with Crippen molar-refractivity contribution in [1.82, 2.24) is 14.7 Å². The van der Waals surface area contributed by atoms with E-state index in [1.54, 1.807) is 9.58 Å². The quantitative estimate of drug-likeness (QED) is 0.319. The van der Waals surface area contributed by atoms with Crippen molar-refractivity contribution in [1.29, 1.82) is 0 Å². The molecule has 1 aromatic heterocycles. The maximum absolute atomic E-state index is 13.1. The van der Waals surface area contributed by atoms with Crippen molar-refractivity contribution in [3.63, 3.8) is 0 Å². The van der Waals surface area contributed by atoms with Crippen LogP contribution < -0.4 is 10.1 Å². The lowest BCUT2D eigenvalue weighted by molar-refractivity contribution is -0.116. The van der Waals surface area contributed by atoms with Crippen molar-refractivity contribution in [2.45, 2.75) is 26.7 Å². The number of benzene rings is 3. The Hall–Kier alpha value is -4.13. The minimum Gasteiger partial charge on any atom is -0.494 e. The Kier molecular flexibility index (Phi) is 7.77. The Morgan fingerprint density at radius 1 is 0.943 bits per heavy atom. The fraction of sp³-hybridized carbons (Fsp3) is 0.250. The van der Waals surface area contributed by atoms with Crippen molar-refractivity contribution >= 4 is 28.4 Å². The highest BCUT2D eigenvalue weighted by Gasteiger charge is 2.23. The number of anilines is 1. The molecule has 7 nitrogen and oxygen atoms in total. The zero-order chi connectivity index (χ0) is 24.6. The van der Waals surface area contributed by atoms with Crippen molar-refractivity contribution < 1.29 is 14.3 Å². The topological polar surface area (TPSA) is 76.5 Å². The van der Waals surface area contributed by atoms with Crippen LogP contribution in [0.2, 0.25) is 0 Å². The Labute approximate surface area is 205 Å². The summed E-state index contributed by atoms with van der Waals surface area (Å²) in [6, 6.07) is 23.5. The Balaban J connectivity index is 1.42. The summed E-state index contributed by atoms with van der Waals surface area (Å²) >= 11 is 0. The van der Waals surface area contributed by atoms with E-state index in [2.05, 4.69) is 16.5 Å². The van der Waals surface area contributed by atoms with Crippen molar-refractivity contribution in [2.24, 2.45) is 0 Å². The Morgan fingerprint density at radius 3 is 2.40 bits per heavy atom. The molecule has 180 valence electrons. The monoisotopic (exact) mass is 470 g/mol. The first-order valence-electron chi connectivity index (χ1n) is 11.9. The molecule has 0 spiro atoms. The zero-order valence-electron chi connectivity index (χ0n) is 20.1. The highest BCUT2D eigenvalue weighted by atomic mass is 16.5. The first-order chi connectivity index (χ1) is 17.1. The van der Waals surface area contributed by atoms with Crippen molar-refractivity contribution in [3.05, 3.63) is 84.6 Å². The average Bonchev–Trinajstić information content (AvgIpc) is 3.31. The summed E-state index contributed by atoms with van der Waals surface area (Å²) in [5.41, 5.74) is 1.14. The molecule has 1 N–H and O–H groups in total. The lowest BCUT2D eigenvalue weighted by Crippen LogP contribution is -2.31. The van der Waals surface area contributed by atoms with E-state index < -0.39 is 0 Å². The van der Waals surface area contributed by atoms with Gasteiger partial charge in [-0.3, -0.25) is 9.59 Å². The van der Waals surface area contributed by atoms with Gasteiger partial charge in [-0.1, -0.05) is 48.5 Å². The third-order valence-corrected chi connectivity index (χ3v) is 5.85. The van der Waals surface area contributed by atoms with Crippen molar-refractivity contribution in [3.8, 4) is 11.4 Å². The number of aromatic nitrogens is 2. The van der Waals surface area contributed by atoms with Gasteiger partial charge in [-0.2, -0.15) is 5.10 Å². The summed E-state index contributed by atoms with van der Waals surface area (Å²) in [6.07, 6.45) is 2.32. The summed E-state index contributed by atoms with van der Waals surface area (Å²) in [5, 5.41) is 9.60. The Bertz CT molecular complexity index is 1300. The average molecular weight is 471 g/mol. The maximum Gasteiger partial charge on any atom is 0.259 e. The second-order valence-electron chi connectivity index (χ2n) is 8.14. The molecular weight excluding hydrogens is 440 g/mol. The summed E-state index contributed by atoms with van der Waals surface area (Å²) in [4.78, 5) is 27.6. The summed E-state index contributed by atoms with van der Waals surface area (Å²) in [5.74, 6) is 0.803. The maximum atomic E-state index is 13.1. The molecule has 4 aromatic rings. The number of amides is 2. The highest BCUT2D eigenvalue weighted by Crippen LogP contribution is 2.23. The molecule has 0 aliphatic heterocycles.